The highest BCUT2D eigenvalue weighted by Gasteiger charge is 2.18. The number of primary sulfonamides is 1. The van der Waals surface area contributed by atoms with Gasteiger partial charge in [0.25, 0.3) is 5.69 Å². The molecular formula is C13H12ClN3O4S. The van der Waals surface area contributed by atoms with Gasteiger partial charge in [0.15, 0.2) is 0 Å². The Balaban J connectivity index is 2.32. The number of nitro benzene ring substituents is 1. The van der Waals surface area contributed by atoms with Crippen molar-refractivity contribution in [2.45, 2.75) is 11.4 Å². The minimum Gasteiger partial charge on any atom is -0.380 e. The lowest BCUT2D eigenvalue weighted by atomic mass is 10.2. The van der Waals surface area contributed by atoms with Gasteiger partial charge < -0.3 is 5.32 Å². The second kappa shape index (κ2) is 6.30. The number of halogens is 1. The minimum atomic E-state index is -4.10. The van der Waals surface area contributed by atoms with Crippen molar-refractivity contribution in [1.29, 1.82) is 0 Å². The van der Waals surface area contributed by atoms with Gasteiger partial charge in [0.2, 0.25) is 10.0 Å². The number of hydrogen-bond acceptors (Lipinski definition) is 5. The van der Waals surface area contributed by atoms with Crippen LogP contribution < -0.4 is 10.5 Å². The van der Waals surface area contributed by atoms with E-state index in [-0.39, 0.29) is 16.3 Å². The molecule has 0 saturated carbocycles. The summed E-state index contributed by atoms with van der Waals surface area (Å²) in [6, 6.07) is 10.4. The Morgan fingerprint density at radius 1 is 1.23 bits per heavy atom. The first-order valence-electron chi connectivity index (χ1n) is 6.07. The van der Waals surface area contributed by atoms with Gasteiger partial charge in [0.1, 0.15) is 4.90 Å². The fraction of sp³-hybridized carbons (Fsp3) is 0.0769. The first-order chi connectivity index (χ1) is 10.3. The molecule has 0 atom stereocenters. The molecule has 22 heavy (non-hydrogen) atoms. The second-order valence-electron chi connectivity index (χ2n) is 4.47. The van der Waals surface area contributed by atoms with Gasteiger partial charge in [0, 0.05) is 23.7 Å². The summed E-state index contributed by atoms with van der Waals surface area (Å²) < 4.78 is 23.2. The third kappa shape index (κ3) is 3.94. The Morgan fingerprint density at radius 2 is 1.95 bits per heavy atom. The number of nitrogens with two attached hydrogens (primary N) is 1. The molecule has 9 heteroatoms. The topological polar surface area (TPSA) is 115 Å². The maximum Gasteiger partial charge on any atom is 0.270 e. The SMILES string of the molecule is NS(=O)(=O)c1cc([N+](=O)[O-])ccc1NCc1cccc(Cl)c1. The Hall–Kier alpha value is -2.16. The van der Waals surface area contributed by atoms with Gasteiger partial charge in [-0.1, -0.05) is 23.7 Å². The van der Waals surface area contributed by atoms with Crippen LogP contribution >= 0.6 is 11.6 Å². The minimum absolute atomic E-state index is 0.188. The normalized spacial score (nSPS) is 11.2. The van der Waals surface area contributed by atoms with E-state index < -0.39 is 14.9 Å². The van der Waals surface area contributed by atoms with Crippen molar-refractivity contribution in [3.63, 3.8) is 0 Å². The van der Waals surface area contributed by atoms with Gasteiger partial charge in [0.05, 0.1) is 10.6 Å². The average Bonchev–Trinajstić information content (AvgIpc) is 2.44. The Morgan fingerprint density at radius 3 is 2.55 bits per heavy atom. The van der Waals surface area contributed by atoms with Gasteiger partial charge in [-0.05, 0) is 23.8 Å². The van der Waals surface area contributed by atoms with E-state index in [1.807, 2.05) is 0 Å². The van der Waals surface area contributed by atoms with Crippen LogP contribution in [0, 0.1) is 10.1 Å². The molecule has 0 radical (unpaired) electrons. The summed E-state index contributed by atoms with van der Waals surface area (Å²) in [6.45, 7) is 0.293. The molecule has 0 unspecified atom stereocenters. The van der Waals surface area contributed by atoms with Crippen molar-refractivity contribution in [2.24, 2.45) is 5.14 Å². The summed E-state index contributed by atoms with van der Waals surface area (Å²) in [5, 5.41) is 19.3. The first kappa shape index (κ1) is 16.2. The number of benzene rings is 2. The summed E-state index contributed by atoms with van der Waals surface area (Å²) in [6.07, 6.45) is 0. The number of nitro groups is 1. The molecule has 2 rings (SSSR count). The van der Waals surface area contributed by atoms with Crippen LogP contribution in [-0.4, -0.2) is 13.3 Å². The maximum atomic E-state index is 11.6. The van der Waals surface area contributed by atoms with Crippen LogP contribution in [0.5, 0.6) is 0 Å². The number of anilines is 1. The Bertz CT molecular complexity index is 824. The second-order valence-corrected chi connectivity index (χ2v) is 6.43. The lowest BCUT2D eigenvalue weighted by Crippen LogP contribution is -2.15. The molecule has 0 aliphatic rings. The summed E-state index contributed by atoms with van der Waals surface area (Å²) >= 11 is 5.87. The average molecular weight is 342 g/mol. The van der Waals surface area contributed by atoms with Crippen molar-refractivity contribution in [3.8, 4) is 0 Å². The van der Waals surface area contributed by atoms with E-state index in [1.165, 1.54) is 12.1 Å². The van der Waals surface area contributed by atoms with Crippen molar-refractivity contribution in [1.82, 2.24) is 0 Å². The van der Waals surface area contributed by atoms with Crippen molar-refractivity contribution < 1.29 is 13.3 Å². The van der Waals surface area contributed by atoms with Crippen molar-refractivity contribution in [2.75, 3.05) is 5.32 Å². The van der Waals surface area contributed by atoms with Crippen LogP contribution in [0.4, 0.5) is 11.4 Å². The highest BCUT2D eigenvalue weighted by atomic mass is 35.5. The van der Waals surface area contributed by atoms with Crippen LogP contribution in [0.1, 0.15) is 5.56 Å². The fourth-order valence-corrected chi connectivity index (χ4v) is 2.79. The molecule has 0 aliphatic carbocycles. The third-order valence-electron chi connectivity index (χ3n) is 2.85. The molecule has 0 aromatic heterocycles. The lowest BCUT2D eigenvalue weighted by Gasteiger charge is -2.11. The lowest BCUT2D eigenvalue weighted by molar-refractivity contribution is -0.385. The van der Waals surface area contributed by atoms with Gasteiger partial charge in [-0.15, -0.1) is 0 Å². The zero-order valence-corrected chi connectivity index (χ0v) is 12.8. The fourth-order valence-electron chi connectivity index (χ4n) is 1.85. The number of nitrogens with one attached hydrogen (secondary N) is 1. The molecule has 0 fully saturated rings. The summed E-state index contributed by atoms with van der Waals surface area (Å²) in [5.74, 6) is 0. The molecule has 7 nitrogen and oxygen atoms in total. The molecule has 0 heterocycles. The quantitative estimate of drug-likeness (QED) is 0.640. The predicted octanol–water partition coefficient (Wildman–Crippen LogP) is 2.51. The van der Waals surface area contributed by atoms with E-state index in [4.69, 9.17) is 16.7 Å². The standard InChI is InChI=1S/C13H12ClN3O4S/c14-10-3-1-2-9(6-10)8-16-12-5-4-11(17(18)19)7-13(12)22(15,20)21/h1-7,16H,8H2,(H2,15,20,21). The highest BCUT2D eigenvalue weighted by molar-refractivity contribution is 7.89. The van der Waals surface area contributed by atoms with Gasteiger partial charge in [-0.2, -0.15) is 0 Å². The van der Waals surface area contributed by atoms with E-state index in [0.29, 0.717) is 11.6 Å². The van der Waals surface area contributed by atoms with E-state index >= 15 is 0 Å². The summed E-state index contributed by atoms with van der Waals surface area (Å²) in [7, 11) is -4.10. The van der Waals surface area contributed by atoms with Crippen LogP contribution in [0.2, 0.25) is 5.02 Å². The number of rotatable bonds is 5. The van der Waals surface area contributed by atoms with Gasteiger partial charge in [-0.25, -0.2) is 13.6 Å². The number of nitrogens with zero attached hydrogens (tertiary/aromatic N) is 1. The molecule has 116 valence electrons. The third-order valence-corrected chi connectivity index (χ3v) is 4.04. The molecule has 2 aromatic rings. The van der Waals surface area contributed by atoms with Gasteiger partial charge in [-0.3, -0.25) is 10.1 Å². The number of sulfonamides is 1. The van der Waals surface area contributed by atoms with Crippen molar-refractivity contribution in [3.05, 3.63) is 63.2 Å². The van der Waals surface area contributed by atoms with Crippen LogP contribution in [0.3, 0.4) is 0 Å². The zero-order chi connectivity index (χ0) is 16.3. The zero-order valence-electron chi connectivity index (χ0n) is 11.2. The van der Waals surface area contributed by atoms with Gasteiger partial charge >= 0.3 is 0 Å². The molecule has 0 saturated heterocycles. The largest absolute Gasteiger partial charge is 0.380 e. The molecule has 2 aromatic carbocycles. The van der Waals surface area contributed by atoms with Crippen LogP contribution in [0.15, 0.2) is 47.4 Å². The Kier molecular flexibility index (Phi) is 4.65. The van der Waals surface area contributed by atoms with E-state index in [9.17, 15) is 18.5 Å². The number of non-ortho nitro benzene ring substituents is 1. The maximum absolute atomic E-state index is 11.6. The monoisotopic (exact) mass is 341 g/mol. The molecule has 0 bridgehead atoms. The van der Waals surface area contributed by atoms with E-state index in [1.54, 1.807) is 24.3 Å². The van der Waals surface area contributed by atoms with Crippen molar-refractivity contribution >= 4 is 33.0 Å². The molecule has 3 N–H and O–H groups in total. The summed E-state index contributed by atoms with van der Waals surface area (Å²) in [5.41, 5.74) is 0.664. The smallest absolute Gasteiger partial charge is 0.270 e. The molecular weight excluding hydrogens is 330 g/mol. The summed E-state index contributed by atoms with van der Waals surface area (Å²) in [4.78, 5) is 9.73. The molecule has 0 spiro atoms. The first-order valence-corrected chi connectivity index (χ1v) is 7.99. The van der Waals surface area contributed by atoms with E-state index in [0.717, 1.165) is 11.6 Å². The van der Waals surface area contributed by atoms with Crippen LogP contribution in [-0.2, 0) is 16.6 Å². The number of hydrogen-bond donors (Lipinski definition) is 2. The molecule has 0 aliphatic heterocycles. The predicted molar refractivity (Wildman–Crippen MR) is 83.2 cm³/mol. The molecule has 0 amide bonds. The van der Waals surface area contributed by atoms with Crippen LogP contribution in [0.25, 0.3) is 0 Å². The Labute approximate surface area is 131 Å². The van der Waals surface area contributed by atoms with E-state index in [2.05, 4.69) is 5.32 Å². The highest BCUT2D eigenvalue weighted by Crippen LogP contribution is 2.26.